The van der Waals surface area contributed by atoms with Gasteiger partial charge in [-0.25, -0.2) is 4.39 Å². The maximum absolute atomic E-state index is 13.3. The van der Waals surface area contributed by atoms with Gasteiger partial charge in [0.15, 0.2) is 0 Å². The van der Waals surface area contributed by atoms with E-state index in [9.17, 15) is 4.39 Å². The minimum absolute atomic E-state index is 0.101. The highest BCUT2D eigenvalue weighted by atomic mass is 79.9. The summed E-state index contributed by atoms with van der Waals surface area (Å²) in [6.07, 6.45) is 0. The molecule has 1 rings (SSSR count). The van der Waals surface area contributed by atoms with Crippen molar-refractivity contribution in [1.82, 2.24) is 0 Å². The van der Waals surface area contributed by atoms with Gasteiger partial charge >= 0.3 is 0 Å². The standard InChI is InChI=1S/C9H9BrClFO/c1-5(4-13)8-7(12)3-2-6(11)9(8)10/h2-3,5,13H,4H2,1H3. The van der Waals surface area contributed by atoms with Crippen LogP contribution in [0, 0.1) is 5.82 Å². The van der Waals surface area contributed by atoms with Gasteiger partial charge in [-0.1, -0.05) is 18.5 Å². The minimum Gasteiger partial charge on any atom is -0.396 e. The summed E-state index contributed by atoms with van der Waals surface area (Å²) < 4.78 is 13.8. The van der Waals surface area contributed by atoms with Gasteiger partial charge in [-0.05, 0) is 28.1 Å². The van der Waals surface area contributed by atoms with Crippen LogP contribution >= 0.6 is 27.5 Å². The molecule has 72 valence electrons. The average molecular weight is 268 g/mol. The van der Waals surface area contributed by atoms with Crippen LogP contribution in [0.1, 0.15) is 18.4 Å². The first-order valence-corrected chi connectivity index (χ1v) is 4.99. The average Bonchev–Trinajstić information content (AvgIpc) is 2.12. The van der Waals surface area contributed by atoms with Crippen LogP contribution in [0.15, 0.2) is 16.6 Å². The second-order valence-electron chi connectivity index (χ2n) is 2.84. The Labute approximate surface area is 89.7 Å². The van der Waals surface area contributed by atoms with Crippen LogP contribution in [0.25, 0.3) is 0 Å². The predicted molar refractivity (Wildman–Crippen MR) is 54.6 cm³/mol. The lowest BCUT2D eigenvalue weighted by Gasteiger charge is -2.12. The van der Waals surface area contributed by atoms with Crippen molar-refractivity contribution in [3.05, 3.63) is 33.0 Å². The third-order valence-corrected chi connectivity index (χ3v) is 3.24. The summed E-state index contributed by atoms with van der Waals surface area (Å²) in [5.41, 5.74) is 0.426. The largest absolute Gasteiger partial charge is 0.396 e. The van der Waals surface area contributed by atoms with Crippen molar-refractivity contribution in [2.45, 2.75) is 12.8 Å². The fraction of sp³-hybridized carbons (Fsp3) is 0.333. The van der Waals surface area contributed by atoms with Crippen molar-refractivity contribution < 1.29 is 9.50 Å². The summed E-state index contributed by atoms with van der Waals surface area (Å²) in [6, 6.07) is 2.78. The topological polar surface area (TPSA) is 20.2 Å². The fourth-order valence-corrected chi connectivity index (χ4v) is 1.96. The summed E-state index contributed by atoms with van der Waals surface area (Å²) >= 11 is 8.98. The quantitative estimate of drug-likeness (QED) is 0.815. The van der Waals surface area contributed by atoms with Gasteiger partial charge in [0, 0.05) is 22.6 Å². The first-order valence-electron chi connectivity index (χ1n) is 3.82. The van der Waals surface area contributed by atoms with Crippen LogP contribution < -0.4 is 0 Å². The van der Waals surface area contributed by atoms with Crippen molar-refractivity contribution in [3.8, 4) is 0 Å². The first kappa shape index (κ1) is 11.0. The van der Waals surface area contributed by atoms with E-state index in [0.29, 0.717) is 15.1 Å². The van der Waals surface area contributed by atoms with Crippen molar-refractivity contribution in [2.75, 3.05) is 6.61 Å². The summed E-state index contributed by atoms with van der Waals surface area (Å²) in [7, 11) is 0. The van der Waals surface area contributed by atoms with Crippen molar-refractivity contribution in [2.24, 2.45) is 0 Å². The Morgan fingerprint density at radius 1 is 1.62 bits per heavy atom. The summed E-state index contributed by atoms with van der Waals surface area (Å²) in [4.78, 5) is 0. The van der Waals surface area contributed by atoms with Gasteiger partial charge in [0.05, 0.1) is 5.02 Å². The number of benzene rings is 1. The molecule has 0 radical (unpaired) electrons. The lowest BCUT2D eigenvalue weighted by Crippen LogP contribution is -2.03. The molecule has 0 heterocycles. The molecule has 1 N–H and O–H groups in total. The molecular formula is C9H9BrClFO. The molecule has 0 amide bonds. The van der Waals surface area contributed by atoms with E-state index in [1.807, 2.05) is 0 Å². The number of rotatable bonds is 2. The Morgan fingerprint density at radius 3 is 2.77 bits per heavy atom. The summed E-state index contributed by atoms with van der Waals surface area (Å²) in [5.74, 6) is -0.606. The molecule has 0 aliphatic rings. The lowest BCUT2D eigenvalue weighted by molar-refractivity contribution is 0.270. The van der Waals surface area contributed by atoms with Crippen LogP contribution in [0.3, 0.4) is 0 Å². The zero-order valence-corrected chi connectivity index (χ0v) is 9.36. The van der Waals surface area contributed by atoms with Gasteiger partial charge in [-0.2, -0.15) is 0 Å². The second kappa shape index (κ2) is 4.40. The fourth-order valence-electron chi connectivity index (χ4n) is 1.09. The molecule has 0 aliphatic heterocycles. The summed E-state index contributed by atoms with van der Waals surface area (Å²) in [6.45, 7) is 1.63. The number of aliphatic hydroxyl groups is 1. The molecular weight excluding hydrogens is 258 g/mol. The molecule has 0 aromatic heterocycles. The molecule has 0 spiro atoms. The van der Waals surface area contributed by atoms with E-state index in [1.165, 1.54) is 12.1 Å². The maximum Gasteiger partial charge on any atom is 0.127 e. The van der Waals surface area contributed by atoms with Gasteiger partial charge in [0.2, 0.25) is 0 Å². The molecule has 1 aromatic carbocycles. The smallest absolute Gasteiger partial charge is 0.127 e. The Bertz CT molecular complexity index is 317. The molecule has 1 nitrogen and oxygen atoms in total. The highest BCUT2D eigenvalue weighted by molar-refractivity contribution is 9.10. The Kier molecular flexibility index (Phi) is 3.71. The number of hydrogen-bond acceptors (Lipinski definition) is 1. The van der Waals surface area contributed by atoms with Gasteiger partial charge in [0.1, 0.15) is 5.82 Å². The third-order valence-electron chi connectivity index (χ3n) is 1.85. The highest BCUT2D eigenvalue weighted by Gasteiger charge is 2.15. The number of aliphatic hydroxyl groups excluding tert-OH is 1. The molecule has 0 bridgehead atoms. The van der Waals surface area contributed by atoms with E-state index in [0.717, 1.165) is 0 Å². The van der Waals surface area contributed by atoms with Crippen molar-refractivity contribution in [1.29, 1.82) is 0 Å². The number of halogens is 3. The molecule has 1 atom stereocenters. The van der Waals surface area contributed by atoms with E-state index in [1.54, 1.807) is 6.92 Å². The Balaban J connectivity index is 3.25. The van der Waals surface area contributed by atoms with Gasteiger partial charge in [-0.15, -0.1) is 0 Å². The maximum atomic E-state index is 13.3. The van der Waals surface area contributed by atoms with Crippen LogP contribution in [0.2, 0.25) is 5.02 Å². The van der Waals surface area contributed by atoms with Crippen LogP contribution in [0.4, 0.5) is 4.39 Å². The van der Waals surface area contributed by atoms with Crippen molar-refractivity contribution in [3.63, 3.8) is 0 Å². The first-order chi connectivity index (χ1) is 6.07. The van der Waals surface area contributed by atoms with E-state index in [2.05, 4.69) is 15.9 Å². The van der Waals surface area contributed by atoms with Crippen molar-refractivity contribution >= 4 is 27.5 Å². The van der Waals surface area contributed by atoms with Crippen LogP contribution in [-0.4, -0.2) is 11.7 Å². The minimum atomic E-state index is -0.349. The van der Waals surface area contributed by atoms with E-state index < -0.39 is 0 Å². The second-order valence-corrected chi connectivity index (χ2v) is 4.04. The molecule has 0 aliphatic carbocycles. The molecule has 0 saturated heterocycles. The monoisotopic (exact) mass is 266 g/mol. The molecule has 4 heteroatoms. The molecule has 1 aromatic rings. The van der Waals surface area contributed by atoms with Crippen LogP contribution in [0.5, 0.6) is 0 Å². The molecule has 13 heavy (non-hydrogen) atoms. The van der Waals surface area contributed by atoms with Gasteiger partial charge in [0.25, 0.3) is 0 Å². The Morgan fingerprint density at radius 2 is 2.23 bits per heavy atom. The normalized spacial score (nSPS) is 13.0. The predicted octanol–water partition coefficient (Wildman–Crippen LogP) is 3.34. The van der Waals surface area contributed by atoms with Crippen LogP contribution in [-0.2, 0) is 0 Å². The highest BCUT2D eigenvalue weighted by Crippen LogP contribution is 2.33. The van der Waals surface area contributed by atoms with E-state index >= 15 is 0 Å². The van der Waals surface area contributed by atoms with Gasteiger partial charge in [-0.3, -0.25) is 0 Å². The number of hydrogen-bond donors (Lipinski definition) is 1. The van der Waals surface area contributed by atoms with E-state index in [4.69, 9.17) is 16.7 Å². The van der Waals surface area contributed by atoms with E-state index in [-0.39, 0.29) is 18.3 Å². The molecule has 0 fully saturated rings. The third kappa shape index (κ3) is 2.22. The Hall–Kier alpha value is -0.120. The molecule has 0 saturated carbocycles. The molecule has 1 unspecified atom stereocenters. The van der Waals surface area contributed by atoms with Gasteiger partial charge < -0.3 is 5.11 Å². The zero-order valence-electron chi connectivity index (χ0n) is 7.02. The zero-order chi connectivity index (χ0) is 10.0. The SMILES string of the molecule is CC(CO)c1c(F)ccc(Cl)c1Br. The lowest BCUT2D eigenvalue weighted by atomic mass is 10.0. The summed E-state index contributed by atoms with van der Waals surface area (Å²) in [5, 5.41) is 9.35.